The lowest BCUT2D eigenvalue weighted by Gasteiger charge is -2.12. The lowest BCUT2D eigenvalue weighted by Crippen LogP contribution is -1.98. The van der Waals surface area contributed by atoms with Gasteiger partial charge in [-0.25, -0.2) is 0 Å². The number of ketones is 1. The first kappa shape index (κ1) is 9.25. The van der Waals surface area contributed by atoms with Crippen molar-refractivity contribution >= 4 is 5.78 Å². The number of Topliss-reactive ketones (excluding diaryl/α,β-unsaturated/α-hetero) is 1. The van der Waals surface area contributed by atoms with Crippen LogP contribution in [0.15, 0.2) is 18.2 Å². The van der Waals surface area contributed by atoms with Gasteiger partial charge in [0.25, 0.3) is 0 Å². The molecule has 1 aliphatic rings. The van der Waals surface area contributed by atoms with Gasteiger partial charge in [-0.05, 0) is 24.0 Å². The Hall–Kier alpha value is -1.31. The van der Waals surface area contributed by atoms with E-state index in [1.165, 1.54) is 0 Å². The van der Waals surface area contributed by atoms with Gasteiger partial charge in [-0.1, -0.05) is 26.0 Å². The molecule has 1 atom stereocenters. The molecule has 0 bridgehead atoms. The first-order valence-electron chi connectivity index (χ1n) is 5.03. The molecule has 14 heavy (non-hydrogen) atoms. The van der Waals surface area contributed by atoms with Gasteiger partial charge in [0.1, 0.15) is 5.75 Å². The maximum Gasteiger partial charge on any atom is 0.203 e. The third-order valence-electron chi connectivity index (χ3n) is 2.84. The van der Waals surface area contributed by atoms with Crippen molar-refractivity contribution in [2.75, 3.05) is 6.61 Å². The third-order valence-corrected chi connectivity index (χ3v) is 2.84. The first-order chi connectivity index (χ1) is 6.74. The van der Waals surface area contributed by atoms with Crippen molar-refractivity contribution in [3.05, 3.63) is 29.3 Å². The van der Waals surface area contributed by atoms with E-state index in [0.717, 1.165) is 23.3 Å². The van der Waals surface area contributed by atoms with Crippen LogP contribution in [-0.2, 0) is 0 Å². The largest absolute Gasteiger partial charge is 0.484 e. The number of para-hydroxylation sites is 1. The van der Waals surface area contributed by atoms with Crippen molar-refractivity contribution in [1.82, 2.24) is 0 Å². The zero-order valence-corrected chi connectivity index (χ0v) is 8.54. The summed E-state index contributed by atoms with van der Waals surface area (Å²) in [7, 11) is 0. The van der Waals surface area contributed by atoms with Crippen LogP contribution in [0.1, 0.15) is 42.1 Å². The van der Waals surface area contributed by atoms with E-state index < -0.39 is 0 Å². The van der Waals surface area contributed by atoms with Crippen LogP contribution in [0.3, 0.4) is 0 Å². The van der Waals surface area contributed by atoms with Crippen LogP contribution in [0.5, 0.6) is 5.75 Å². The smallest absolute Gasteiger partial charge is 0.203 e. The van der Waals surface area contributed by atoms with Crippen LogP contribution >= 0.6 is 0 Å². The molecule has 1 aromatic carbocycles. The molecule has 0 radical (unpaired) electrons. The molecule has 1 aromatic rings. The highest BCUT2D eigenvalue weighted by atomic mass is 16.5. The predicted octanol–water partition coefficient (Wildman–Crippen LogP) is 2.78. The van der Waals surface area contributed by atoms with Gasteiger partial charge in [-0.3, -0.25) is 4.79 Å². The van der Waals surface area contributed by atoms with Crippen molar-refractivity contribution < 1.29 is 9.53 Å². The summed E-state index contributed by atoms with van der Waals surface area (Å²) < 4.78 is 5.42. The van der Waals surface area contributed by atoms with E-state index in [-0.39, 0.29) is 12.4 Å². The van der Waals surface area contributed by atoms with E-state index in [1.807, 2.05) is 18.2 Å². The molecule has 2 rings (SSSR count). The van der Waals surface area contributed by atoms with Crippen molar-refractivity contribution in [2.24, 2.45) is 0 Å². The fraction of sp³-hybridized carbons (Fsp3) is 0.417. The van der Waals surface area contributed by atoms with Gasteiger partial charge in [0.15, 0.2) is 6.61 Å². The van der Waals surface area contributed by atoms with Crippen molar-refractivity contribution in [1.29, 1.82) is 0 Å². The molecule has 0 saturated heterocycles. The van der Waals surface area contributed by atoms with Crippen molar-refractivity contribution in [3.8, 4) is 5.75 Å². The summed E-state index contributed by atoms with van der Waals surface area (Å²) in [6, 6.07) is 5.83. The Labute approximate surface area is 83.9 Å². The van der Waals surface area contributed by atoms with Gasteiger partial charge >= 0.3 is 0 Å². The molecule has 1 unspecified atom stereocenters. The minimum absolute atomic E-state index is 0.102. The fourth-order valence-corrected chi connectivity index (χ4v) is 1.76. The van der Waals surface area contributed by atoms with Crippen LogP contribution in [-0.4, -0.2) is 12.4 Å². The summed E-state index contributed by atoms with van der Waals surface area (Å²) >= 11 is 0. The zero-order chi connectivity index (χ0) is 10.1. The van der Waals surface area contributed by atoms with Gasteiger partial charge in [0, 0.05) is 0 Å². The van der Waals surface area contributed by atoms with Crippen molar-refractivity contribution in [2.45, 2.75) is 26.2 Å². The Morgan fingerprint density at radius 2 is 2.29 bits per heavy atom. The topological polar surface area (TPSA) is 26.3 Å². The van der Waals surface area contributed by atoms with Crippen LogP contribution in [0.25, 0.3) is 0 Å². The Bertz CT molecular complexity index is 369. The average Bonchev–Trinajstić information content (AvgIpc) is 2.59. The lowest BCUT2D eigenvalue weighted by molar-refractivity contribution is 0.0961. The van der Waals surface area contributed by atoms with Gasteiger partial charge in [0.2, 0.25) is 5.78 Å². The van der Waals surface area contributed by atoms with Crippen LogP contribution in [0, 0.1) is 0 Å². The molecular formula is C12H14O2. The molecule has 74 valence electrons. The second kappa shape index (κ2) is 3.45. The predicted molar refractivity (Wildman–Crippen MR) is 55.0 cm³/mol. The van der Waals surface area contributed by atoms with Crippen LogP contribution < -0.4 is 4.74 Å². The minimum atomic E-state index is 0.102. The summed E-state index contributed by atoms with van der Waals surface area (Å²) in [4.78, 5) is 11.4. The third kappa shape index (κ3) is 1.31. The van der Waals surface area contributed by atoms with Gasteiger partial charge in [0.05, 0.1) is 5.56 Å². The number of hydrogen-bond acceptors (Lipinski definition) is 2. The number of benzene rings is 1. The summed E-state index contributed by atoms with van der Waals surface area (Å²) in [6.07, 6.45) is 1.06. The molecule has 0 N–H and O–H groups in total. The first-order valence-corrected chi connectivity index (χ1v) is 5.03. The molecule has 0 amide bonds. The van der Waals surface area contributed by atoms with Crippen molar-refractivity contribution in [3.63, 3.8) is 0 Å². The Balaban J connectivity index is 2.49. The van der Waals surface area contributed by atoms with E-state index >= 15 is 0 Å². The molecule has 1 aliphatic heterocycles. The number of hydrogen-bond donors (Lipinski definition) is 0. The normalized spacial score (nSPS) is 16.3. The molecule has 1 heterocycles. The quantitative estimate of drug-likeness (QED) is 0.716. The van der Waals surface area contributed by atoms with E-state index in [0.29, 0.717) is 5.92 Å². The number of carbonyl (C=O) groups is 1. The second-order valence-electron chi connectivity index (χ2n) is 3.75. The lowest BCUT2D eigenvalue weighted by atomic mass is 9.95. The maximum atomic E-state index is 11.4. The second-order valence-corrected chi connectivity index (χ2v) is 3.75. The number of carbonyl (C=O) groups excluding carboxylic acids is 1. The van der Waals surface area contributed by atoms with E-state index in [1.54, 1.807) is 0 Å². The summed E-state index contributed by atoms with van der Waals surface area (Å²) in [5.41, 5.74) is 1.92. The van der Waals surface area contributed by atoms with E-state index in [2.05, 4.69) is 13.8 Å². The number of fused-ring (bicyclic) bond motifs is 1. The van der Waals surface area contributed by atoms with E-state index in [9.17, 15) is 4.79 Å². The number of rotatable bonds is 2. The molecular weight excluding hydrogens is 176 g/mol. The maximum absolute atomic E-state index is 11.4. The monoisotopic (exact) mass is 190 g/mol. The average molecular weight is 190 g/mol. The summed E-state index contributed by atoms with van der Waals surface area (Å²) in [6.45, 7) is 4.51. The van der Waals surface area contributed by atoms with E-state index in [4.69, 9.17) is 4.74 Å². The highest BCUT2D eigenvalue weighted by molar-refractivity contribution is 6.02. The molecule has 0 saturated carbocycles. The Kier molecular flexibility index (Phi) is 2.28. The van der Waals surface area contributed by atoms with Gasteiger partial charge < -0.3 is 4.74 Å². The molecule has 2 nitrogen and oxygen atoms in total. The summed E-state index contributed by atoms with van der Waals surface area (Å²) in [5, 5.41) is 0. The zero-order valence-electron chi connectivity index (χ0n) is 8.54. The number of ether oxygens (including phenoxy) is 1. The standard InChI is InChI=1S/C12H14O2/c1-3-8(2)9-5-4-6-10-11(13)7-14-12(9)10/h4-6,8H,3,7H2,1-2H3. The fourth-order valence-electron chi connectivity index (χ4n) is 1.76. The highest BCUT2D eigenvalue weighted by Gasteiger charge is 2.24. The van der Waals surface area contributed by atoms with Gasteiger partial charge in [-0.2, -0.15) is 0 Å². The highest BCUT2D eigenvalue weighted by Crippen LogP contribution is 2.35. The molecule has 0 aliphatic carbocycles. The Morgan fingerprint density at radius 3 is 3.00 bits per heavy atom. The summed E-state index contributed by atoms with van der Waals surface area (Å²) in [5.74, 6) is 1.37. The van der Waals surface area contributed by atoms with Crippen LogP contribution in [0.4, 0.5) is 0 Å². The molecule has 2 heteroatoms. The molecule has 0 fully saturated rings. The minimum Gasteiger partial charge on any atom is -0.484 e. The van der Waals surface area contributed by atoms with Crippen LogP contribution in [0.2, 0.25) is 0 Å². The SMILES string of the molecule is CCC(C)c1cccc2c1OCC2=O. The Morgan fingerprint density at radius 1 is 1.50 bits per heavy atom. The molecule has 0 spiro atoms. The molecule has 0 aromatic heterocycles. The van der Waals surface area contributed by atoms with Gasteiger partial charge in [-0.15, -0.1) is 0 Å².